The first-order chi connectivity index (χ1) is 11.6. The zero-order valence-corrected chi connectivity index (χ0v) is 13.1. The van der Waals surface area contributed by atoms with Crippen LogP contribution in [0.1, 0.15) is 0 Å². The predicted octanol–water partition coefficient (Wildman–Crippen LogP) is 1.92. The lowest BCUT2D eigenvalue weighted by Crippen LogP contribution is -2.13. The summed E-state index contributed by atoms with van der Waals surface area (Å²) in [7, 11) is -3.70. The zero-order valence-electron chi connectivity index (χ0n) is 12.3. The van der Waals surface area contributed by atoms with Gasteiger partial charge < -0.3 is 4.98 Å². The molecule has 4 rings (SSSR count). The molecule has 24 heavy (non-hydrogen) atoms. The topological polar surface area (TPSA) is 105 Å². The summed E-state index contributed by atoms with van der Waals surface area (Å²) >= 11 is 0. The summed E-state index contributed by atoms with van der Waals surface area (Å²) in [5, 5.41) is 0.00448. The van der Waals surface area contributed by atoms with Gasteiger partial charge in [-0.05, 0) is 18.2 Å². The van der Waals surface area contributed by atoms with Gasteiger partial charge in [0, 0.05) is 29.8 Å². The third-order valence-corrected chi connectivity index (χ3v) is 4.72. The lowest BCUT2D eigenvalue weighted by molar-refractivity contribution is 0.598. The monoisotopic (exact) mass is 340 g/mol. The lowest BCUT2D eigenvalue weighted by atomic mass is 10.1. The molecule has 2 N–H and O–H groups in total. The van der Waals surface area contributed by atoms with E-state index in [9.17, 15) is 8.42 Å². The molecule has 0 bridgehead atoms. The van der Waals surface area contributed by atoms with Crippen LogP contribution in [-0.4, -0.2) is 32.8 Å². The van der Waals surface area contributed by atoms with Crippen molar-refractivity contribution >= 4 is 21.5 Å². The number of hydrogen-bond acceptors (Lipinski definition) is 5. The number of H-pyrrole nitrogens is 1. The third-order valence-electron chi connectivity index (χ3n) is 3.41. The summed E-state index contributed by atoms with van der Waals surface area (Å²) in [5.41, 5.74) is 1.92. The molecule has 0 unspecified atom stereocenters. The van der Waals surface area contributed by atoms with E-state index in [1.54, 1.807) is 28.8 Å². The van der Waals surface area contributed by atoms with E-state index < -0.39 is 10.0 Å². The van der Waals surface area contributed by atoms with Crippen molar-refractivity contribution in [1.29, 1.82) is 0 Å². The van der Waals surface area contributed by atoms with Gasteiger partial charge in [0.25, 0.3) is 10.0 Å². The molecule has 0 spiro atoms. The van der Waals surface area contributed by atoms with Crippen molar-refractivity contribution in [2.75, 3.05) is 4.72 Å². The van der Waals surface area contributed by atoms with Crippen molar-refractivity contribution in [3.63, 3.8) is 0 Å². The standard InChI is InChI=1S/C15H12N6O2S/c22-24(23,14-8-16-10-18-14)20-12-4-1-3-11(7-12)13-9-21-6-2-5-17-15(21)19-13/h1-10,20H,(H,16,18). The molecule has 0 saturated heterocycles. The fourth-order valence-electron chi connectivity index (χ4n) is 2.31. The van der Waals surface area contributed by atoms with Crippen LogP contribution in [-0.2, 0) is 10.0 Å². The SMILES string of the molecule is O=S(=O)(Nc1cccc(-c2cn3cccnc3n2)c1)c1cnc[nH]1. The Hall–Kier alpha value is -3.20. The number of aromatic amines is 1. The van der Waals surface area contributed by atoms with E-state index in [0.717, 1.165) is 5.56 Å². The summed E-state index contributed by atoms with van der Waals surface area (Å²) < 4.78 is 28.8. The van der Waals surface area contributed by atoms with Gasteiger partial charge in [0.1, 0.15) is 0 Å². The highest BCUT2D eigenvalue weighted by atomic mass is 32.2. The summed E-state index contributed by atoms with van der Waals surface area (Å²) in [4.78, 5) is 14.9. The van der Waals surface area contributed by atoms with Crippen LogP contribution in [0.2, 0.25) is 0 Å². The molecule has 3 heterocycles. The summed E-state index contributed by atoms with van der Waals surface area (Å²) in [6, 6.07) is 8.82. The van der Waals surface area contributed by atoms with Gasteiger partial charge in [0.2, 0.25) is 5.78 Å². The first-order valence-electron chi connectivity index (χ1n) is 7.03. The van der Waals surface area contributed by atoms with Gasteiger partial charge in [-0.3, -0.25) is 9.12 Å². The van der Waals surface area contributed by atoms with Crippen molar-refractivity contribution < 1.29 is 8.42 Å². The molecule has 0 atom stereocenters. The van der Waals surface area contributed by atoms with Crippen LogP contribution in [0.4, 0.5) is 5.69 Å². The molecule has 0 aliphatic heterocycles. The Morgan fingerprint density at radius 3 is 2.92 bits per heavy atom. The van der Waals surface area contributed by atoms with E-state index in [1.165, 1.54) is 12.5 Å². The predicted molar refractivity (Wildman–Crippen MR) is 87.8 cm³/mol. The molecule has 0 fully saturated rings. The normalized spacial score (nSPS) is 11.7. The van der Waals surface area contributed by atoms with E-state index >= 15 is 0 Å². The minimum Gasteiger partial charge on any atom is -0.334 e. The zero-order chi connectivity index (χ0) is 16.6. The van der Waals surface area contributed by atoms with E-state index in [4.69, 9.17) is 0 Å². The summed E-state index contributed by atoms with van der Waals surface area (Å²) in [6.45, 7) is 0. The highest BCUT2D eigenvalue weighted by Crippen LogP contribution is 2.23. The van der Waals surface area contributed by atoms with Crippen LogP contribution in [0.3, 0.4) is 0 Å². The van der Waals surface area contributed by atoms with Gasteiger partial charge in [-0.2, -0.15) is 8.42 Å². The van der Waals surface area contributed by atoms with Crippen LogP contribution in [0.15, 0.2) is 66.5 Å². The molecular weight excluding hydrogens is 328 g/mol. The van der Waals surface area contributed by atoms with Crippen LogP contribution in [0.5, 0.6) is 0 Å². The number of hydrogen-bond donors (Lipinski definition) is 2. The molecule has 120 valence electrons. The number of fused-ring (bicyclic) bond motifs is 1. The van der Waals surface area contributed by atoms with Gasteiger partial charge >= 0.3 is 0 Å². The summed E-state index contributed by atoms with van der Waals surface area (Å²) in [5.74, 6) is 0.580. The van der Waals surface area contributed by atoms with Gasteiger partial charge in [0.15, 0.2) is 5.03 Å². The highest BCUT2D eigenvalue weighted by Gasteiger charge is 2.16. The van der Waals surface area contributed by atoms with Crippen LogP contribution in [0.25, 0.3) is 17.0 Å². The molecule has 0 aliphatic rings. The fourth-order valence-corrected chi connectivity index (χ4v) is 3.27. The fraction of sp³-hybridized carbons (Fsp3) is 0. The van der Waals surface area contributed by atoms with Crippen LogP contribution >= 0.6 is 0 Å². The molecule has 9 heteroatoms. The Labute approximate surface area is 137 Å². The maximum atomic E-state index is 12.2. The second-order valence-corrected chi connectivity index (χ2v) is 6.71. The minimum atomic E-state index is -3.70. The van der Waals surface area contributed by atoms with Crippen molar-refractivity contribution in [2.24, 2.45) is 0 Å². The quantitative estimate of drug-likeness (QED) is 0.590. The molecule has 8 nitrogen and oxygen atoms in total. The van der Waals surface area contributed by atoms with Gasteiger partial charge in [-0.1, -0.05) is 12.1 Å². The maximum Gasteiger partial charge on any atom is 0.278 e. The minimum absolute atomic E-state index is 0.00448. The summed E-state index contributed by atoms with van der Waals surface area (Å²) in [6.07, 6.45) is 7.92. The first kappa shape index (κ1) is 14.4. The Balaban J connectivity index is 1.69. The Kier molecular flexibility index (Phi) is 3.28. The average Bonchev–Trinajstić information content (AvgIpc) is 3.24. The number of nitrogens with zero attached hydrogens (tertiary/aromatic N) is 4. The largest absolute Gasteiger partial charge is 0.334 e. The maximum absolute atomic E-state index is 12.2. The van der Waals surface area contributed by atoms with Crippen LogP contribution in [0, 0.1) is 0 Å². The Bertz CT molecular complexity index is 1070. The second kappa shape index (κ2) is 5.46. The lowest BCUT2D eigenvalue weighted by Gasteiger charge is -2.07. The van der Waals surface area contributed by atoms with Gasteiger partial charge in [-0.15, -0.1) is 0 Å². The van der Waals surface area contributed by atoms with E-state index in [2.05, 4.69) is 24.7 Å². The van der Waals surface area contributed by atoms with E-state index in [1.807, 2.05) is 24.5 Å². The smallest absolute Gasteiger partial charge is 0.278 e. The van der Waals surface area contributed by atoms with Gasteiger partial charge in [-0.25, -0.2) is 15.0 Å². The average molecular weight is 340 g/mol. The molecule has 3 aromatic heterocycles. The van der Waals surface area contributed by atoms with Crippen LogP contribution < -0.4 is 4.72 Å². The number of aromatic nitrogens is 5. The number of imidazole rings is 2. The molecule has 0 saturated carbocycles. The Morgan fingerprint density at radius 1 is 1.21 bits per heavy atom. The second-order valence-electron chi connectivity index (χ2n) is 5.06. The number of anilines is 1. The van der Waals surface area contributed by atoms with Crippen molar-refractivity contribution in [2.45, 2.75) is 5.03 Å². The molecule has 1 aromatic carbocycles. The molecule has 4 aromatic rings. The van der Waals surface area contributed by atoms with Crippen molar-refractivity contribution in [3.05, 3.63) is 61.4 Å². The number of benzene rings is 1. The third kappa shape index (κ3) is 2.61. The van der Waals surface area contributed by atoms with E-state index in [-0.39, 0.29) is 5.03 Å². The Morgan fingerprint density at radius 2 is 2.12 bits per heavy atom. The molecule has 0 radical (unpaired) electrons. The molecular formula is C15H12N6O2S. The first-order valence-corrected chi connectivity index (χ1v) is 8.51. The molecule has 0 aliphatic carbocycles. The highest BCUT2D eigenvalue weighted by molar-refractivity contribution is 7.92. The van der Waals surface area contributed by atoms with E-state index in [0.29, 0.717) is 17.2 Å². The van der Waals surface area contributed by atoms with Crippen molar-refractivity contribution in [3.8, 4) is 11.3 Å². The molecule has 0 amide bonds. The number of nitrogens with one attached hydrogen (secondary N) is 2. The van der Waals surface area contributed by atoms with Crippen molar-refractivity contribution in [1.82, 2.24) is 24.3 Å². The number of rotatable bonds is 4. The van der Waals surface area contributed by atoms with Gasteiger partial charge in [0.05, 0.1) is 18.2 Å². The number of sulfonamides is 1.